The van der Waals surface area contributed by atoms with Gasteiger partial charge in [-0.2, -0.15) is 0 Å². The summed E-state index contributed by atoms with van der Waals surface area (Å²) in [5.41, 5.74) is 6.05. The van der Waals surface area contributed by atoms with Crippen molar-refractivity contribution in [3.8, 4) is 5.75 Å². The van der Waals surface area contributed by atoms with Crippen LogP contribution in [0.15, 0.2) is 66.7 Å². The molecule has 0 fully saturated rings. The fourth-order valence-electron chi connectivity index (χ4n) is 2.63. The second-order valence-corrected chi connectivity index (χ2v) is 6.62. The van der Waals surface area contributed by atoms with E-state index in [0.29, 0.717) is 11.4 Å². The van der Waals surface area contributed by atoms with Gasteiger partial charge in [0.15, 0.2) is 6.61 Å². The van der Waals surface area contributed by atoms with Crippen LogP contribution in [0.1, 0.15) is 16.7 Å². The highest BCUT2D eigenvalue weighted by Crippen LogP contribution is 2.25. The lowest BCUT2D eigenvalue weighted by molar-refractivity contribution is -0.118. The number of nitrogens with one attached hydrogen (secondary N) is 2. The molecule has 0 saturated carbocycles. The van der Waals surface area contributed by atoms with Gasteiger partial charge in [0.05, 0.1) is 11.4 Å². The molecule has 138 valence electrons. The third-order valence-corrected chi connectivity index (χ3v) is 4.38. The van der Waals surface area contributed by atoms with Crippen LogP contribution in [0, 0.1) is 20.8 Å². The standard InChI is InChI=1S/C23H24N2O2/c1-16-8-11-19(12-9-16)24-21-6-4-5-7-22(21)25-23(26)15-27-20-13-10-17(2)18(3)14-20/h4-14,24H,15H2,1-3H3,(H,25,26). The van der Waals surface area contributed by atoms with E-state index in [1.54, 1.807) is 0 Å². The Morgan fingerprint density at radius 1 is 0.852 bits per heavy atom. The molecule has 3 aromatic carbocycles. The number of hydrogen-bond acceptors (Lipinski definition) is 3. The van der Waals surface area contributed by atoms with Gasteiger partial charge in [0.1, 0.15) is 5.75 Å². The predicted octanol–water partition coefficient (Wildman–Crippen LogP) is 5.37. The zero-order valence-electron chi connectivity index (χ0n) is 15.9. The van der Waals surface area contributed by atoms with Gasteiger partial charge in [-0.15, -0.1) is 0 Å². The SMILES string of the molecule is Cc1ccc(Nc2ccccc2NC(=O)COc2ccc(C)c(C)c2)cc1. The van der Waals surface area contributed by atoms with E-state index in [-0.39, 0.29) is 12.5 Å². The molecule has 1 amide bonds. The van der Waals surface area contributed by atoms with Gasteiger partial charge < -0.3 is 15.4 Å². The molecule has 0 saturated heterocycles. The molecule has 0 radical (unpaired) electrons. The number of benzene rings is 3. The Morgan fingerprint density at radius 3 is 2.26 bits per heavy atom. The zero-order valence-corrected chi connectivity index (χ0v) is 15.9. The fourth-order valence-corrected chi connectivity index (χ4v) is 2.63. The summed E-state index contributed by atoms with van der Waals surface area (Å²) in [5.74, 6) is 0.491. The van der Waals surface area contributed by atoms with E-state index in [4.69, 9.17) is 4.74 Å². The summed E-state index contributed by atoms with van der Waals surface area (Å²) in [4.78, 5) is 12.3. The number of hydrogen-bond donors (Lipinski definition) is 2. The minimum Gasteiger partial charge on any atom is -0.484 e. The van der Waals surface area contributed by atoms with E-state index in [9.17, 15) is 4.79 Å². The van der Waals surface area contributed by atoms with Gasteiger partial charge in [-0.25, -0.2) is 0 Å². The Labute approximate surface area is 160 Å². The third kappa shape index (κ3) is 5.11. The molecule has 0 atom stereocenters. The number of amides is 1. The molecule has 2 N–H and O–H groups in total. The van der Waals surface area contributed by atoms with Crippen molar-refractivity contribution in [2.75, 3.05) is 17.2 Å². The number of carbonyl (C=O) groups is 1. The van der Waals surface area contributed by atoms with Crippen molar-refractivity contribution in [2.45, 2.75) is 20.8 Å². The molecule has 0 aromatic heterocycles. The van der Waals surface area contributed by atoms with Crippen LogP contribution in [0.25, 0.3) is 0 Å². The first kappa shape index (κ1) is 18.5. The van der Waals surface area contributed by atoms with Crippen molar-refractivity contribution in [1.29, 1.82) is 0 Å². The number of carbonyl (C=O) groups excluding carboxylic acids is 1. The van der Waals surface area contributed by atoms with Crippen LogP contribution in [0.3, 0.4) is 0 Å². The van der Waals surface area contributed by atoms with E-state index >= 15 is 0 Å². The molecular weight excluding hydrogens is 336 g/mol. The highest BCUT2D eigenvalue weighted by Gasteiger charge is 2.08. The Hall–Kier alpha value is -3.27. The molecule has 0 spiro atoms. The summed E-state index contributed by atoms with van der Waals surface area (Å²) in [6.45, 7) is 6.08. The van der Waals surface area contributed by atoms with Crippen molar-refractivity contribution in [2.24, 2.45) is 0 Å². The third-order valence-electron chi connectivity index (χ3n) is 4.38. The van der Waals surface area contributed by atoms with Crippen molar-refractivity contribution in [1.82, 2.24) is 0 Å². The lowest BCUT2D eigenvalue weighted by Crippen LogP contribution is -2.20. The van der Waals surface area contributed by atoms with E-state index < -0.39 is 0 Å². The number of rotatable bonds is 6. The summed E-state index contributed by atoms with van der Waals surface area (Å²) in [5, 5.41) is 6.25. The van der Waals surface area contributed by atoms with Crippen LogP contribution in [0.4, 0.5) is 17.1 Å². The molecule has 3 rings (SSSR count). The molecular formula is C23H24N2O2. The maximum Gasteiger partial charge on any atom is 0.262 e. The zero-order chi connectivity index (χ0) is 19.2. The molecule has 4 nitrogen and oxygen atoms in total. The lowest BCUT2D eigenvalue weighted by Gasteiger charge is -2.14. The van der Waals surface area contributed by atoms with Crippen LogP contribution in [0.5, 0.6) is 5.75 Å². The number of ether oxygens (including phenoxy) is 1. The maximum absolute atomic E-state index is 12.3. The van der Waals surface area contributed by atoms with Crippen LogP contribution < -0.4 is 15.4 Å². The van der Waals surface area contributed by atoms with Crippen molar-refractivity contribution < 1.29 is 9.53 Å². The Morgan fingerprint density at radius 2 is 1.56 bits per heavy atom. The van der Waals surface area contributed by atoms with Gasteiger partial charge in [-0.1, -0.05) is 35.9 Å². The predicted molar refractivity (Wildman–Crippen MR) is 111 cm³/mol. The van der Waals surface area contributed by atoms with Gasteiger partial charge in [0.2, 0.25) is 0 Å². The lowest BCUT2D eigenvalue weighted by atomic mass is 10.1. The number of aryl methyl sites for hydroxylation is 3. The van der Waals surface area contributed by atoms with Gasteiger partial charge >= 0.3 is 0 Å². The number of anilines is 3. The van der Waals surface area contributed by atoms with Crippen molar-refractivity contribution in [3.63, 3.8) is 0 Å². The normalized spacial score (nSPS) is 10.3. The first-order valence-corrected chi connectivity index (χ1v) is 8.94. The maximum atomic E-state index is 12.3. The van der Waals surface area contributed by atoms with Crippen molar-refractivity contribution >= 4 is 23.0 Å². The first-order valence-electron chi connectivity index (χ1n) is 8.94. The minimum atomic E-state index is -0.202. The van der Waals surface area contributed by atoms with Crippen LogP contribution in [-0.2, 0) is 4.79 Å². The summed E-state index contributed by atoms with van der Waals surface area (Å²) in [6.07, 6.45) is 0. The highest BCUT2D eigenvalue weighted by atomic mass is 16.5. The van der Waals surface area contributed by atoms with Gasteiger partial charge in [0.25, 0.3) is 5.91 Å². The summed E-state index contributed by atoms with van der Waals surface area (Å²) < 4.78 is 5.61. The number of para-hydroxylation sites is 2. The highest BCUT2D eigenvalue weighted by molar-refractivity contribution is 5.95. The van der Waals surface area contributed by atoms with Gasteiger partial charge in [0, 0.05) is 5.69 Å². The van der Waals surface area contributed by atoms with Crippen molar-refractivity contribution in [3.05, 3.63) is 83.4 Å². The van der Waals surface area contributed by atoms with Gasteiger partial charge in [-0.3, -0.25) is 4.79 Å². The topological polar surface area (TPSA) is 50.4 Å². The van der Waals surface area contributed by atoms with Crippen LogP contribution in [0.2, 0.25) is 0 Å². The van der Waals surface area contributed by atoms with E-state index in [1.165, 1.54) is 11.1 Å². The molecule has 0 heterocycles. The molecule has 0 bridgehead atoms. The Balaban J connectivity index is 1.63. The minimum absolute atomic E-state index is 0.0403. The molecule has 27 heavy (non-hydrogen) atoms. The fraction of sp³-hybridized carbons (Fsp3) is 0.174. The van der Waals surface area contributed by atoms with E-state index in [1.807, 2.05) is 87.5 Å². The summed E-state index contributed by atoms with van der Waals surface area (Å²) in [7, 11) is 0. The smallest absolute Gasteiger partial charge is 0.262 e. The molecule has 3 aromatic rings. The Bertz CT molecular complexity index is 933. The summed E-state index contributed by atoms with van der Waals surface area (Å²) >= 11 is 0. The molecule has 0 aliphatic rings. The largest absolute Gasteiger partial charge is 0.484 e. The van der Waals surface area contributed by atoms with Crippen LogP contribution >= 0.6 is 0 Å². The Kier molecular flexibility index (Phi) is 5.77. The second kappa shape index (κ2) is 8.41. The summed E-state index contributed by atoms with van der Waals surface area (Å²) in [6, 6.07) is 21.5. The average molecular weight is 360 g/mol. The molecule has 0 aliphatic carbocycles. The van der Waals surface area contributed by atoms with E-state index in [0.717, 1.165) is 16.9 Å². The van der Waals surface area contributed by atoms with E-state index in [2.05, 4.69) is 10.6 Å². The quantitative estimate of drug-likeness (QED) is 0.621. The van der Waals surface area contributed by atoms with Gasteiger partial charge in [-0.05, 0) is 68.3 Å². The molecule has 4 heteroatoms. The average Bonchev–Trinajstić information content (AvgIpc) is 2.66. The molecule has 0 aliphatic heterocycles. The first-order chi connectivity index (χ1) is 13.0. The van der Waals surface area contributed by atoms with Crippen LogP contribution in [-0.4, -0.2) is 12.5 Å². The monoisotopic (exact) mass is 360 g/mol. The molecule has 0 unspecified atom stereocenters. The second-order valence-electron chi connectivity index (χ2n) is 6.62.